The Morgan fingerprint density at radius 1 is 1.09 bits per heavy atom. The zero-order valence-electron chi connectivity index (χ0n) is 12.7. The number of hydrogen-bond donors (Lipinski definition) is 1. The molecule has 3 nitrogen and oxygen atoms in total. The predicted molar refractivity (Wildman–Crippen MR) is 86.3 cm³/mol. The van der Waals surface area contributed by atoms with E-state index in [1.807, 2.05) is 24.3 Å². The number of nitrogens with two attached hydrogens (primary N) is 1. The summed E-state index contributed by atoms with van der Waals surface area (Å²) >= 11 is 0. The fraction of sp³-hybridized carbons (Fsp3) is 0.211. The van der Waals surface area contributed by atoms with Crippen molar-refractivity contribution in [2.24, 2.45) is 5.73 Å². The van der Waals surface area contributed by atoms with Gasteiger partial charge in [-0.05, 0) is 23.1 Å². The Kier molecular flexibility index (Phi) is 3.60. The molecule has 2 N–H and O–H groups in total. The zero-order valence-corrected chi connectivity index (χ0v) is 12.7. The molecule has 1 atom stereocenters. The quantitative estimate of drug-likeness (QED) is 0.908. The zero-order chi connectivity index (χ0) is 15.7. The van der Waals surface area contributed by atoms with Crippen LogP contribution in [0.4, 0.5) is 0 Å². The lowest BCUT2D eigenvalue weighted by atomic mass is 9.83. The minimum Gasteiger partial charge on any atom is -0.440 e. The molecular formula is C19H18N2O. The van der Waals surface area contributed by atoms with Gasteiger partial charge in [-0.2, -0.15) is 5.26 Å². The van der Waals surface area contributed by atoms with Crippen molar-refractivity contribution in [1.82, 2.24) is 0 Å². The van der Waals surface area contributed by atoms with Gasteiger partial charge in [-0.3, -0.25) is 0 Å². The molecule has 22 heavy (non-hydrogen) atoms. The molecule has 1 aliphatic heterocycles. The van der Waals surface area contributed by atoms with Gasteiger partial charge in [0, 0.05) is 5.56 Å². The van der Waals surface area contributed by atoms with E-state index in [9.17, 15) is 5.26 Å². The Morgan fingerprint density at radius 2 is 1.77 bits per heavy atom. The first-order chi connectivity index (χ1) is 10.6. The number of ether oxygens (including phenoxy) is 1. The normalized spacial score (nSPS) is 16.9. The summed E-state index contributed by atoms with van der Waals surface area (Å²) in [5, 5.41) is 9.49. The minimum absolute atomic E-state index is 0.170. The lowest BCUT2D eigenvalue weighted by molar-refractivity contribution is 0.393. The Labute approximate surface area is 130 Å². The maximum absolute atomic E-state index is 9.49. The standard InChI is InChI=1S/C19H18N2O/c1-12(2)13-7-9-14(10-8-13)18-15-5-3-4-6-17(15)22-19(21)16(18)11-20/h3-10,12,18H,21H2,1-2H3/t18-/m0/s1. The summed E-state index contributed by atoms with van der Waals surface area (Å²) in [5.74, 6) is 1.22. The molecule has 0 radical (unpaired) electrons. The van der Waals surface area contributed by atoms with Gasteiger partial charge in [0.15, 0.2) is 0 Å². The summed E-state index contributed by atoms with van der Waals surface area (Å²) in [6.07, 6.45) is 0. The maximum atomic E-state index is 9.49. The number of hydrogen-bond acceptors (Lipinski definition) is 3. The average Bonchev–Trinajstić information content (AvgIpc) is 2.53. The molecule has 0 bridgehead atoms. The van der Waals surface area contributed by atoms with Crippen LogP contribution in [0.25, 0.3) is 0 Å². The molecule has 0 unspecified atom stereocenters. The summed E-state index contributed by atoms with van der Waals surface area (Å²) in [7, 11) is 0. The average molecular weight is 290 g/mol. The molecule has 0 aromatic heterocycles. The van der Waals surface area contributed by atoms with Crippen LogP contribution in [0, 0.1) is 11.3 Å². The van der Waals surface area contributed by atoms with Crippen LogP contribution >= 0.6 is 0 Å². The number of allylic oxidation sites excluding steroid dienone is 1. The molecule has 0 saturated heterocycles. The second-order valence-corrected chi connectivity index (χ2v) is 5.78. The van der Waals surface area contributed by atoms with Gasteiger partial charge in [0.25, 0.3) is 0 Å². The van der Waals surface area contributed by atoms with Gasteiger partial charge in [0.2, 0.25) is 5.88 Å². The maximum Gasteiger partial charge on any atom is 0.205 e. The van der Waals surface area contributed by atoms with Crippen LogP contribution in [-0.2, 0) is 0 Å². The van der Waals surface area contributed by atoms with Crippen molar-refractivity contribution in [3.63, 3.8) is 0 Å². The lowest BCUT2D eigenvalue weighted by Gasteiger charge is -2.26. The van der Waals surface area contributed by atoms with Crippen LogP contribution in [-0.4, -0.2) is 0 Å². The molecule has 0 spiro atoms. The summed E-state index contributed by atoms with van der Waals surface area (Å²) in [6.45, 7) is 4.33. The van der Waals surface area contributed by atoms with E-state index in [4.69, 9.17) is 10.5 Å². The molecule has 1 aliphatic rings. The monoisotopic (exact) mass is 290 g/mol. The minimum atomic E-state index is -0.170. The third-order valence-corrected chi connectivity index (χ3v) is 4.06. The molecule has 2 aromatic carbocycles. The van der Waals surface area contributed by atoms with Gasteiger partial charge < -0.3 is 10.5 Å². The third-order valence-electron chi connectivity index (χ3n) is 4.06. The highest BCUT2D eigenvalue weighted by Crippen LogP contribution is 2.41. The molecule has 0 saturated carbocycles. The van der Waals surface area contributed by atoms with E-state index in [2.05, 4.69) is 44.2 Å². The van der Waals surface area contributed by atoms with Crippen LogP contribution in [0.2, 0.25) is 0 Å². The van der Waals surface area contributed by atoms with E-state index in [0.717, 1.165) is 16.9 Å². The number of benzene rings is 2. The van der Waals surface area contributed by atoms with Gasteiger partial charge in [-0.25, -0.2) is 0 Å². The molecule has 2 aromatic rings. The van der Waals surface area contributed by atoms with Gasteiger partial charge in [0.1, 0.15) is 17.4 Å². The number of fused-ring (bicyclic) bond motifs is 1. The SMILES string of the molecule is CC(C)c1ccc([C@@H]2C(C#N)=C(N)Oc3ccccc32)cc1. The van der Waals surface area contributed by atoms with Crippen molar-refractivity contribution in [1.29, 1.82) is 5.26 Å². The Balaban J connectivity index is 2.13. The number of nitrogens with zero attached hydrogens (tertiary/aromatic N) is 1. The summed E-state index contributed by atoms with van der Waals surface area (Å²) in [5.41, 5.74) is 9.72. The van der Waals surface area contributed by atoms with Crippen molar-refractivity contribution in [2.75, 3.05) is 0 Å². The number of nitriles is 1. The van der Waals surface area contributed by atoms with E-state index >= 15 is 0 Å². The van der Waals surface area contributed by atoms with Crippen molar-refractivity contribution < 1.29 is 4.74 Å². The second kappa shape index (κ2) is 5.57. The second-order valence-electron chi connectivity index (χ2n) is 5.78. The first-order valence-corrected chi connectivity index (χ1v) is 7.38. The summed E-state index contributed by atoms with van der Waals surface area (Å²) in [4.78, 5) is 0. The molecule has 0 fully saturated rings. The Morgan fingerprint density at radius 3 is 2.41 bits per heavy atom. The largest absolute Gasteiger partial charge is 0.440 e. The molecule has 3 rings (SSSR count). The van der Waals surface area contributed by atoms with E-state index in [-0.39, 0.29) is 11.8 Å². The number of rotatable bonds is 2. The van der Waals surface area contributed by atoms with Crippen LogP contribution < -0.4 is 10.5 Å². The van der Waals surface area contributed by atoms with Crippen molar-refractivity contribution >= 4 is 0 Å². The van der Waals surface area contributed by atoms with Gasteiger partial charge in [-0.15, -0.1) is 0 Å². The third kappa shape index (κ3) is 2.33. The highest BCUT2D eigenvalue weighted by atomic mass is 16.5. The molecular weight excluding hydrogens is 272 g/mol. The van der Waals surface area contributed by atoms with Crippen molar-refractivity contribution in [3.05, 3.63) is 76.7 Å². The fourth-order valence-electron chi connectivity index (χ4n) is 2.82. The Bertz CT molecular complexity index is 767. The van der Waals surface area contributed by atoms with E-state index in [1.165, 1.54) is 5.56 Å². The molecule has 0 amide bonds. The first kappa shape index (κ1) is 14.2. The van der Waals surface area contributed by atoms with Crippen LogP contribution in [0.15, 0.2) is 60.0 Å². The smallest absolute Gasteiger partial charge is 0.205 e. The van der Waals surface area contributed by atoms with Crippen LogP contribution in [0.3, 0.4) is 0 Å². The summed E-state index contributed by atoms with van der Waals surface area (Å²) < 4.78 is 5.58. The fourth-order valence-corrected chi connectivity index (χ4v) is 2.82. The van der Waals surface area contributed by atoms with Crippen LogP contribution in [0.1, 0.15) is 42.4 Å². The topological polar surface area (TPSA) is 59.0 Å². The number of para-hydroxylation sites is 1. The predicted octanol–water partition coefficient (Wildman–Crippen LogP) is 4.03. The summed E-state index contributed by atoms with van der Waals surface area (Å²) in [6, 6.07) is 18.3. The van der Waals surface area contributed by atoms with E-state index < -0.39 is 0 Å². The van der Waals surface area contributed by atoms with Crippen molar-refractivity contribution in [2.45, 2.75) is 25.7 Å². The van der Waals surface area contributed by atoms with E-state index in [0.29, 0.717) is 11.5 Å². The van der Waals surface area contributed by atoms with Gasteiger partial charge in [0.05, 0.1) is 5.92 Å². The molecule has 3 heteroatoms. The molecule has 0 aliphatic carbocycles. The van der Waals surface area contributed by atoms with Crippen molar-refractivity contribution in [3.8, 4) is 11.8 Å². The van der Waals surface area contributed by atoms with E-state index in [1.54, 1.807) is 0 Å². The van der Waals surface area contributed by atoms with Crippen LogP contribution in [0.5, 0.6) is 5.75 Å². The van der Waals surface area contributed by atoms with Gasteiger partial charge >= 0.3 is 0 Å². The highest BCUT2D eigenvalue weighted by Gasteiger charge is 2.30. The molecule has 1 heterocycles. The van der Waals surface area contributed by atoms with Gasteiger partial charge in [-0.1, -0.05) is 56.3 Å². The molecule has 110 valence electrons. The Hall–Kier alpha value is -2.73. The lowest BCUT2D eigenvalue weighted by Crippen LogP contribution is -2.20. The first-order valence-electron chi connectivity index (χ1n) is 7.38. The highest BCUT2D eigenvalue weighted by molar-refractivity contribution is 5.55.